The van der Waals surface area contributed by atoms with Crippen molar-refractivity contribution in [2.24, 2.45) is 0 Å². The molecule has 3 nitrogen and oxygen atoms in total. The van der Waals surface area contributed by atoms with Gasteiger partial charge in [-0.05, 0) is 30.3 Å². The van der Waals surface area contributed by atoms with Crippen LogP contribution in [-0.2, 0) is 0 Å². The predicted molar refractivity (Wildman–Crippen MR) is 113 cm³/mol. The SMILES string of the molecule is Cc1cccc2c1Oc1c(C)c(C#N)nc3c1B2c1ccccc1[Si]3(C)C. The highest BCUT2D eigenvalue weighted by Crippen LogP contribution is 2.31. The fourth-order valence-corrected chi connectivity index (χ4v) is 7.77. The molecule has 3 aromatic rings. The molecule has 0 atom stereocenters. The summed E-state index contributed by atoms with van der Waals surface area (Å²) >= 11 is 0. The van der Waals surface area contributed by atoms with E-state index in [2.05, 4.69) is 68.6 Å². The van der Waals surface area contributed by atoms with Crippen LogP contribution in [0.1, 0.15) is 16.8 Å². The van der Waals surface area contributed by atoms with Gasteiger partial charge in [0.1, 0.15) is 31.3 Å². The summed E-state index contributed by atoms with van der Waals surface area (Å²) in [7, 11) is -2.04. The van der Waals surface area contributed by atoms with Crippen molar-refractivity contribution in [2.75, 3.05) is 0 Å². The highest BCUT2D eigenvalue weighted by Gasteiger charge is 2.47. The minimum Gasteiger partial charge on any atom is -0.458 e. The molecule has 5 rings (SSSR count). The molecule has 0 spiro atoms. The Morgan fingerprint density at radius 1 is 1.00 bits per heavy atom. The Bertz CT molecular complexity index is 1180. The van der Waals surface area contributed by atoms with Crippen molar-refractivity contribution in [2.45, 2.75) is 26.9 Å². The van der Waals surface area contributed by atoms with Gasteiger partial charge in [0.2, 0.25) is 0 Å². The third-order valence-corrected chi connectivity index (χ3v) is 9.48. The summed E-state index contributed by atoms with van der Waals surface area (Å²) in [6, 6.07) is 17.4. The zero-order chi connectivity index (χ0) is 18.9. The average Bonchev–Trinajstić information content (AvgIpc) is 2.67. The van der Waals surface area contributed by atoms with Gasteiger partial charge in [-0.2, -0.15) is 5.26 Å². The van der Waals surface area contributed by atoms with Gasteiger partial charge in [-0.1, -0.05) is 66.2 Å². The Balaban J connectivity index is 1.97. The molecule has 2 aliphatic heterocycles. The monoisotopic (exact) mass is 366 g/mol. The van der Waals surface area contributed by atoms with Crippen molar-refractivity contribution in [3.63, 3.8) is 0 Å². The van der Waals surface area contributed by atoms with E-state index in [4.69, 9.17) is 9.72 Å². The number of aromatic nitrogens is 1. The lowest BCUT2D eigenvalue weighted by molar-refractivity contribution is 0.479. The maximum Gasteiger partial charge on any atom is 0.252 e. The number of para-hydroxylation sites is 1. The van der Waals surface area contributed by atoms with E-state index in [0.29, 0.717) is 5.69 Å². The standard InChI is InChI=1S/C22H19BN2OSi/c1-13-8-7-10-16-20(13)26-21-14(2)17(12-24)25-22-19(21)23(16)15-9-5-6-11-18(15)27(22,3)4/h5-11H,1-4H3. The quantitative estimate of drug-likeness (QED) is 0.441. The molecule has 130 valence electrons. The van der Waals surface area contributed by atoms with Crippen LogP contribution in [-0.4, -0.2) is 19.8 Å². The lowest BCUT2D eigenvalue weighted by Crippen LogP contribution is -2.78. The van der Waals surface area contributed by atoms with Crippen molar-refractivity contribution >= 4 is 41.7 Å². The number of nitriles is 1. The molecule has 5 heteroatoms. The first kappa shape index (κ1) is 16.3. The number of benzene rings is 2. The number of hydrogen-bond donors (Lipinski definition) is 0. The zero-order valence-corrected chi connectivity index (χ0v) is 16.9. The molecule has 27 heavy (non-hydrogen) atoms. The first-order valence-corrected chi connectivity index (χ1v) is 12.3. The highest BCUT2D eigenvalue weighted by atomic mass is 28.3. The molecule has 0 N–H and O–H groups in total. The number of rotatable bonds is 0. The molecule has 0 saturated heterocycles. The van der Waals surface area contributed by atoms with E-state index in [1.807, 2.05) is 6.92 Å². The number of ether oxygens (including phenoxy) is 1. The van der Waals surface area contributed by atoms with Gasteiger partial charge in [-0.15, -0.1) is 0 Å². The van der Waals surface area contributed by atoms with Gasteiger partial charge in [0, 0.05) is 10.9 Å². The lowest BCUT2D eigenvalue weighted by Gasteiger charge is -2.40. The Morgan fingerprint density at radius 2 is 1.74 bits per heavy atom. The molecule has 0 fully saturated rings. The molecule has 0 unspecified atom stereocenters. The molecule has 1 aromatic heterocycles. The third kappa shape index (κ3) is 1.99. The Hall–Kier alpha value is -2.84. The minimum atomic E-state index is -2.04. The molecule has 0 radical (unpaired) electrons. The van der Waals surface area contributed by atoms with E-state index in [1.54, 1.807) is 0 Å². The highest BCUT2D eigenvalue weighted by molar-refractivity contribution is 7.14. The van der Waals surface area contributed by atoms with E-state index in [9.17, 15) is 5.26 Å². The van der Waals surface area contributed by atoms with E-state index in [1.165, 1.54) is 21.6 Å². The second-order valence-electron chi connectivity index (χ2n) is 8.03. The predicted octanol–water partition coefficient (Wildman–Crippen LogP) is 1.33. The Labute approximate surface area is 160 Å². The van der Waals surface area contributed by atoms with Crippen LogP contribution in [0.5, 0.6) is 11.5 Å². The maximum atomic E-state index is 9.69. The molecule has 2 aromatic carbocycles. The van der Waals surface area contributed by atoms with E-state index < -0.39 is 8.07 Å². The van der Waals surface area contributed by atoms with Gasteiger partial charge in [0.05, 0.1) is 0 Å². The fourth-order valence-electron chi connectivity index (χ4n) is 4.73. The van der Waals surface area contributed by atoms with Gasteiger partial charge < -0.3 is 4.74 Å². The first-order valence-electron chi connectivity index (χ1n) is 9.27. The largest absolute Gasteiger partial charge is 0.458 e. The summed E-state index contributed by atoms with van der Waals surface area (Å²) < 4.78 is 6.47. The summed E-state index contributed by atoms with van der Waals surface area (Å²) in [4.78, 5) is 4.89. The van der Waals surface area contributed by atoms with Crippen LogP contribution < -0.4 is 31.6 Å². The lowest BCUT2D eigenvalue weighted by atomic mass is 9.35. The molecule has 0 amide bonds. The van der Waals surface area contributed by atoms with Crippen LogP contribution in [0.15, 0.2) is 42.5 Å². The van der Waals surface area contributed by atoms with Crippen molar-refractivity contribution in [3.05, 3.63) is 59.3 Å². The average molecular weight is 366 g/mol. The summed E-state index contributed by atoms with van der Waals surface area (Å²) in [5, 5.41) is 12.2. The number of hydrogen-bond acceptors (Lipinski definition) is 3. The molecule has 0 bridgehead atoms. The fraction of sp³-hybridized carbons (Fsp3) is 0.182. The minimum absolute atomic E-state index is 0.120. The van der Waals surface area contributed by atoms with Gasteiger partial charge in [0.15, 0.2) is 0 Å². The number of pyridine rings is 1. The molecule has 0 aliphatic carbocycles. The number of aryl methyl sites for hydroxylation is 1. The normalized spacial score (nSPS) is 15.1. The van der Waals surface area contributed by atoms with Crippen LogP contribution in [0.2, 0.25) is 13.1 Å². The molecular weight excluding hydrogens is 347 g/mol. The van der Waals surface area contributed by atoms with Gasteiger partial charge in [-0.3, -0.25) is 0 Å². The summed E-state index contributed by atoms with van der Waals surface area (Å²) in [5.74, 6) is 1.77. The van der Waals surface area contributed by atoms with Gasteiger partial charge in [-0.25, -0.2) is 4.98 Å². The molecular formula is C22H19BN2OSi. The molecule has 0 saturated carbocycles. The first-order chi connectivity index (χ1) is 12.9. The second-order valence-corrected chi connectivity index (χ2v) is 12.3. The van der Waals surface area contributed by atoms with Crippen molar-refractivity contribution in [1.29, 1.82) is 5.26 Å². The maximum absolute atomic E-state index is 9.69. The van der Waals surface area contributed by atoms with Gasteiger partial charge in [0.25, 0.3) is 6.71 Å². The van der Waals surface area contributed by atoms with E-state index in [-0.39, 0.29) is 6.71 Å². The van der Waals surface area contributed by atoms with Crippen LogP contribution in [0.4, 0.5) is 0 Å². The summed E-state index contributed by atoms with van der Waals surface area (Å²) in [5.41, 5.74) is 6.20. The number of nitrogens with zero attached hydrogens (tertiary/aromatic N) is 2. The second kappa shape index (κ2) is 5.34. The van der Waals surface area contributed by atoms with Crippen LogP contribution in [0, 0.1) is 25.2 Å². The van der Waals surface area contributed by atoms with Crippen molar-refractivity contribution < 1.29 is 4.74 Å². The smallest absolute Gasteiger partial charge is 0.252 e. The number of fused-ring (bicyclic) bond motifs is 4. The van der Waals surface area contributed by atoms with Gasteiger partial charge >= 0.3 is 0 Å². The molecule has 3 heterocycles. The van der Waals surface area contributed by atoms with Crippen LogP contribution in [0.3, 0.4) is 0 Å². The summed E-state index contributed by atoms with van der Waals surface area (Å²) in [6.45, 7) is 8.81. The van der Waals surface area contributed by atoms with Crippen LogP contribution in [0.25, 0.3) is 0 Å². The Morgan fingerprint density at radius 3 is 2.52 bits per heavy atom. The van der Waals surface area contributed by atoms with E-state index in [0.717, 1.165) is 27.9 Å². The van der Waals surface area contributed by atoms with Crippen LogP contribution >= 0.6 is 0 Å². The van der Waals surface area contributed by atoms with E-state index >= 15 is 0 Å². The van der Waals surface area contributed by atoms with Crippen molar-refractivity contribution in [1.82, 2.24) is 4.98 Å². The zero-order valence-electron chi connectivity index (χ0n) is 15.9. The Kier molecular flexibility index (Phi) is 3.23. The van der Waals surface area contributed by atoms with Crippen molar-refractivity contribution in [3.8, 4) is 17.6 Å². The third-order valence-electron chi connectivity index (χ3n) is 6.11. The molecule has 2 aliphatic rings. The summed E-state index contributed by atoms with van der Waals surface area (Å²) in [6.07, 6.45) is 0. The topological polar surface area (TPSA) is 45.9 Å².